The Hall–Kier alpha value is -2.14. The van der Waals surface area contributed by atoms with Crippen molar-refractivity contribution in [2.24, 2.45) is 0 Å². The molecule has 26 heavy (non-hydrogen) atoms. The van der Waals surface area contributed by atoms with Crippen LogP contribution >= 0.6 is 11.3 Å². The van der Waals surface area contributed by atoms with Gasteiger partial charge in [0.1, 0.15) is 5.71 Å². The monoisotopic (exact) mass is 397 g/mol. The molecule has 1 aromatic heterocycles. The maximum absolute atomic E-state index is 12.2. The minimum Gasteiger partial charge on any atom is -0.391 e. The van der Waals surface area contributed by atoms with E-state index < -0.39 is 15.7 Å². The fraction of sp³-hybridized carbons (Fsp3) is 0.312. The molecule has 0 saturated heterocycles. The maximum atomic E-state index is 12.2. The van der Waals surface area contributed by atoms with Gasteiger partial charge < -0.3 is 9.84 Å². The summed E-state index contributed by atoms with van der Waals surface area (Å²) in [5.41, 5.74) is -0.0219. The first kappa shape index (κ1) is 20.2. The third kappa shape index (κ3) is 5.18. The largest absolute Gasteiger partial charge is 0.391 e. The van der Waals surface area contributed by atoms with Gasteiger partial charge in [-0.25, -0.2) is 13.4 Å². The van der Waals surface area contributed by atoms with Crippen LogP contribution in [-0.4, -0.2) is 49.6 Å². The number of methoxy groups -OCH3 is 1. The van der Waals surface area contributed by atoms with Gasteiger partial charge in [0.05, 0.1) is 22.1 Å². The normalized spacial score (nSPS) is 11.3. The molecular formula is C16H19N3O5S2. The molecule has 0 fully saturated rings. The summed E-state index contributed by atoms with van der Waals surface area (Å²) in [6, 6.07) is 5.61. The summed E-state index contributed by atoms with van der Waals surface area (Å²) in [4.78, 5) is 16.8. The van der Waals surface area contributed by atoms with Gasteiger partial charge in [0.25, 0.3) is 5.91 Å². The Morgan fingerprint density at radius 3 is 2.62 bits per heavy atom. The van der Waals surface area contributed by atoms with Crippen LogP contribution in [-0.2, 0) is 26.0 Å². The number of nitrogens with zero attached hydrogens (tertiary/aromatic N) is 1. The maximum Gasteiger partial charge on any atom is 0.275 e. The van der Waals surface area contributed by atoms with E-state index >= 15 is 0 Å². The Balaban J connectivity index is 2.04. The van der Waals surface area contributed by atoms with Crippen molar-refractivity contribution >= 4 is 37.9 Å². The molecule has 1 heterocycles. The summed E-state index contributed by atoms with van der Waals surface area (Å²) in [5, 5.41) is 19.7. The number of hydrogen-bond acceptors (Lipinski definition) is 8. The zero-order chi connectivity index (χ0) is 19.2. The average molecular weight is 397 g/mol. The molecule has 0 aliphatic heterocycles. The van der Waals surface area contributed by atoms with Crippen LogP contribution in [0.25, 0.3) is 0 Å². The predicted molar refractivity (Wildman–Crippen MR) is 98.5 cm³/mol. The molecule has 0 radical (unpaired) electrons. The molecule has 2 aromatic rings. The summed E-state index contributed by atoms with van der Waals surface area (Å²) in [5.74, 6) is -0.699. The van der Waals surface area contributed by atoms with E-state index in [9.17, 15) is 13.2 Å². The molecule has 10 heteroatoms. The highest BCUT2D eigenvalue weighted by Crippen LogP contribution is 2.18. The molecule has 2 rings (SSSR count). The van der Waals surface area contributed by atoms with Crippen molar-refractivity contribution in [2.45, 2.75) is 17.9 Å². The number of anilines is 1. The first-order valence-corrected chi connectivity index (χ1v) is 10.1. The number of rotatable bonds is 9. The standard InChI is InChI=1S/C16H19N3O5S2/c1-24-7-2-8-26(22,23)13-5-3-11(4-6-13)14(17)15(21)19-16-18-9-12(10-20)25-16/h3-6,9,17,20H,2,7-8,10H2,1H3,(H,18,19,21). The lowest BCUT2D eigenvalue weighted by Gasteiger charge is -2.07. The summed E-state index contributed by atoms with van der Waals surface area (Å²) in [6.07, 6.45) is 1.83. The van der Waals surface area contributed by atoms with E-state index in [-0.39, 0.29) is 33.7 Å². The second-order valence-electron chi connectivity index (χ2n) is 5.31. The van der Waals surface area contributed by atoms with Crippen LogP contribution in [0.1, 0.15) is 16.9 Å². The Bertz CT molecular complexity index is 876. The highest BCUT2D eigenvalue weighted by Gasteiger charge is 2.17. The number of thiazole rings is 1. The number of aliphatic hydroxyl groups excluding tert-OH is 1. The number of nitrogens with one attached hydrogen (secondary N) is 2. The SMILES string of the molecule is COCCCS(=O)(=O)c1ccc(C(=N)C(=O)Nc2ncc(CO)s2)cc1. The molecule has 0 saturated carbocycles. The van der Waals surface area contributed by atoms with Gasteiger partial charge in [-0.1, -0.05) is 23.5 Å². The average Bonchev–Trinajstić information content (AvgIpc) is 3.09. The molecule has 0 unspecified atom stereocenters. The van der Waals surface area contributed by atoms with E-state index in [0.717, 1.165) is 11.3 Å². The highest BCUT2D eigenvalue weighted by molar-refractivity contribution is 7.91. The number of ether oxygens (including phenoxy) is 1. The van der Waals surface area contributed by atoms with Gasteiger partial charge in [-0.2, -0.15) is 0 Å². The van der Waals surface area contributed by atoms with Crippen LogP contribution in [0.4, 0.5) is 5.13 Å². The molecule has 1 amide bonds. The van der Waals surface area contributed by atoms with Gasteiger partial charge in [-0.3, -0.25) is 15.5 Å². The molecule has 0 spiro atoms. The summed E-state index contributed by atoms with van der Waals surface area (Å²) in [6.45, 7) is 0.183. The number of aromatic nitrogens is 1. The van der Waals surface area contributed by atoms with Gasteiger partial charge in [0.15, 0.2) is 15.0 Å². The second-order valence-corrected chi connectivity index (χ2v) is 8.53. The van der Waals surface area contributed by atoms with Crippen LogP contribution in [0.3, 0.4) is 0 Å². The fourth-order valence-electron chi connectivity index (χ4n) is 2.07. The number of aliphatic hydroxyl groups is 1. The molecule has 0 bridgehead atoms. The van der Waals surface area contributed by atoms with E-state index in [2.05, 4.69) is 10.3 Å². The van der Waals surface area contributed by atoms with Crippen molar-refractivity contribution < 1.29 is 23.1 Å². The zero-order valence-corrected chi connectivity index (χ0v) is 15.7. The Morgan fingerprint density at radius 1 is 1.35 bits per heavy atom. The van der Waals surface area contributed by atoms with Crippen LogP contribution < -0.4 is 5.32 Å². The van der Waals surface area contributed by atoms with Crippen molar-refractivity contribution in [1.29, 1.82) is 5.41 Å². The number of carbonyl (C=O) groups excluding carboxylic acids is 1. The molecule has 0 atom stereocenters. The Labute approximate surface area is 155 Å². The van der Waals surface area contributed by atoms with Crippen molar-refractivity contribution in [1.82, 2.24) is 4.98 Å². The third-order valence-electron chi connectivity index (χ3n) is 3.42. The number of hydrogen-bond donors (Lipinski definition) is 3. The lowest BCUT2D eigenvalue weighted by Crippen LogP contribution is -2.22. The second kappa shape index (κ2) is 8.99. The number of carbonyl (C=O) groups is 1. The quantitative estimate of drug-likeness (QED) is 0.434. The molecular weight excluding hydrogens is 378 g/mol. The third-order valence-corrected chi connectivity index (χ3v) is 6.13. The number of sulfone groups is 1. The zero-order valence-electron chi connectivity index (χ0n) is 14.1. The molecule has 0 aliphatic carbocycles. The van der Waals surface area contributed by atoms with E-state index in [1.807, 2.05) is 0 Å². The number of benzene rings is 1. The van der Waals surface area contributed by atoms with Crippen molar-refractivity contribution in [3.05, 3.63) is 40.9 Å². The Morgan fingerprint density at radius 2 is 2.04 bits per heavy atom. The van der Waals surface area contributed by atoms with Gasteiger partial charge in [-0.05, 0) is 18.6 Å². The highest BCUT2D eigenvalue weighted by atomic mass is 32.2. The minimum absolute atomic E-state index is 0.0324. The molecule has 0 aliphatic rings. The van der Waals surface area contributed by atoms with Crippen molar-refractivity contribution in [2.75, 3.05) is 24.8 Å². The first-order valence-electron chi connectivity index (χ1n) is 7.65. The molecule has 140 valence electrons. The van der Waals surface area contributed by atoms with Gasteiger partial charge in [0, 0.05) is 25.5 Å². The van der Waals surface area contributed by atoms with Crippen molar-refractivity contribution in [3.8, 4) is 0 Å². The molecule has 1 aromatic carbocycles. The smallest absolute Gasteiger partial charge is 0.275 e. The lowest BCUT2D eigenvalue weighted by molar-refractivity contribution is -0.110. The molecule has 3 N–H and O–H groups in total. The van der Waals surface area contributed by atoms with Crippen LogP contribution in [0, 0.1) is 5.41 Å². The summed E-state index contributed by atoms with van der Waals surface area (Å²) >= 11 is 1.11. The van der Waals surface area contributed by atoms with Crippen molar-refractivity contribution in [3.63, 3.8) is 0 Å². The van der Waals surface area contributed by atoms with E-state index in [0.29, 0.717) is 17.9 Å². The lowest BCUT2D eigenvalue weighted by atomic mass is 10.1. The topological polar surface area (TPSA) is 129 Å². The number of amides is 1. The van der Waals surface area contributed by atoms with Crippen LogP contribution in [0.5, 0.6) is 0 Å². The van der Waals surface area contributed by atoms with Crippen LogP contribution in [0.2, 0.25) is 0 Å². The van der Waals surface area contributed by atoms with E-state index in [1.165, 1.54) is 37.6 Å². The fourth-order valence-corrected chi connectivity index (χ4v) is 4.02. The Kier molecular flexibility index (Phi) is 6.98. The summed E-state index contributed by atoms with van der Waals surface area (Å²) < 4.78 is 29.2. The molecule has 8 nitrogen and oxygen atoms in total. The first-order chi connectivity index (χ1) is 12.4. The van der Waals surface area contributed by atoms with Gasteiger partial charge >= 0.3 is 0 Å². The van der Waals surface area contributed by atoms with Gasteiger partial charge in [-0.15, -0.1) is 0 Å². The van der Waals surface area contributed by atoms with Crippen LogP contribution in [0.15, 0.2) is 35.4 Å². The minimum atomic E-state index is -3.43. The summed E-state index contributed by atoms with van der Waals surface area (Å²) in [7, 11) is -1.92. The van der Waals surface area contributed by atoms with E-state index in [1.54, 1.807) is 0 Å². The van der Waals surface area contributed by atoms with E-state index in [4.69, 9.17) is 15.3 Å². The predicted octanol–water partition coefficient (Wildman–Crippen LogP) is 1.45. The van der Waals surface area contributed by atoms with Gasteiger partial charge in [0.2, 0.25) is 0 Å².